The molecule has 4 nitrogen and oxygen atoms in total. The molecule has 80 valence electrons. The van der Waals surface area contributed by atoms with E-state index in [-0.39, 0.29) is 0 Å². The Morgan fingerprint density at radius 1 is 1.50 bits per heavy atom. The Morgan fingerprint density at radius 3 is 2.86 bits per heavy atom. The molecule has 0 saturated heterocycles. The first-order chi connectivity index (χ1) is 6.70. The lowest BCUT2D eigenvalue weighted by molar-refractivity contribution is 0.394. The molecule has 0 radical (unpaired) electrons. The summed E-state index contributed by atoms with van der Waals surface area (Å²) in [5.41, 5.74) is 2.42. The topological polar surface area (TPSA) is 44.0 Å². The van der Waals surface area contributed by atoms with E-state index in [9.17, 15) is 0 Å². The Kier molecular flexibility index (Phi) is 4.62. The van der Waals surface area contributed by atoms with Gasteiger partial charge in [0.05, 0.1) is 6.20 Å². The molecule has 0 amide bonds. The lowest BCUT2D eigenvalue weighted by atomic mass is 10.2. The molecule has 0 aliphatic heterocycles. The third-order valence-corrected chi connectivity index (χ3v) is 2.21. The zero-order valence-corrected chi connectivity index (χ0v) is 9.30. The summed E-state index contributed by atoms with van der Waals surface area (Å²) < 4.78 is 0. The molecule has 0 fully saturated rings. The first-order valence-corrected chi connectivity index (χ1v) is 5.04. The van der Waals surface area contributed by atoms with Crippen LogP contribution in [0.4, 0.5) is 0 Å². The van der Waals surface area contributed by atoms with E-state index in [1.807, 2.05) is 13.1 Å². The second-order valence-electron chi connectivity index (χ2n) is 3.85. The Hall–Kier alpha value is -0.870. The summed E-state index contributed by atoms with van der Waals surface area (Å²) in [5.74, 6) is 0. The first-order valence-electron chi connectivity index (χ1n) is 5.04. The SMILES string of the molecule is Cc1[nH]ncc1CNCCCN(C)C. The predicted molar refractivity (Wildman–Crippen MR) is 58.2 cm³/mol. The Morgan fingerprint density at radius 2 is 2.29 bits per heavy atom. The molecule has 0 aromatic carbocycles. The highest BCUT2D eigenvalue weighted by Crippen LogP contribution is 2.00. The standard InChI is InChI=1S/C10H20N4/c1-9-10(8-12-13-9)7-11-5-4-6-14(2)3/h8,11H,4-7H2,1-3H3,(H,12,13). The van der Waals surface area contributed by atoms with Gasteiger partial charge >= 0.3 is 0 Å². The van der Waals surface area contributed by atoms with E-state index in [0.717, 1.165) is 25.3 Å². The fourth-order valence-corrected chi connectivity index (χ4v) is 1.30. The third-order valence-electron chi connectivity index (χ3n) is 2.21. The number of hydrogen-bond donors (Lipinski definition) is 2. The minimum atomic E-state index is 0.912. The van der Waals surface area contributed by atoms with Gasteiger partial charge in [-0.2, -0.15) is 5.10 Å². The molecule has 0 aliphatic rings. The fourth-order valence-electron chi connectivity index (χ4n) is 1.30. The van der Waals surface area contributed by atoms with Gasteiger partial charge < -0.3 is 10.2 Å². The molecule has 2 N–H and O–H groups in total. The molecular formula is C10H20N4. The molecule has 0 aliphatic carbocycles. The van der Waals surface area contributed by atoms with Crippen LogP contribution in [0.1, 0.15) is 17.7 Å². The largest absolute Gasteiger partial charge is 0.312 e. The molecule has 1 rings (SSSR count). The van der Waals surface area contributed by atoms with Crippen molar-refractivity contribution in [1.82, 2.24) is 20.4 Å². The molecule has 1 aromatic heterocycles. The zero-order chi connectivity index (χ0) is 10.4. The van der Waals surface area contributed by atoms with E-state index in [1.165, 1.54) is 12.0 Å². The minimum absolute atomic E-state index is 0.912. The number of aromatic amines is 1. The van der Waals surface area contributed by atoms with Gasteiger partial charge in [0, 0.05) is 17.8 Å². The Labute approximate surface area is 85.7 Å². The number of rotatable bonds is 6. The van der Waals surface area contributed by atoms with Crippen molar-refractivity contribution in [2.24, 2.45) is 0 Å². The van der Waals surface area contributed by atoms with Crippen molar-refractivity contribution in [2.75, 3.05) is 27.2 Å². The smallest absolute Gasteiger partial charge is 0.0535 e. The lowest BCUT2D eigenvalue weighted by Gasteiger charge is -2.09. The molecule has 4 heteroatoms. The summed E-state index contributed by atoms with van der Waals surface area (Å²) >= 11 is 0. The molecule has 0 spiro atoms. The maximum atomic E-state index is 3.98. The van der Waals surface area contributed by atoms with E-state index in [4.69, 9.17) is 0 Å². The molecule has 0 bridgehead atoms. The molecule has 0 unspecified atom stereocenters. The van der Waals surface area contributed by atoms with Crippen molar-refractivity contribution in [1.29, 1.82) is 0 Å². The maximum absolute atomic E-state index is 3.98. The summed E-state index contributed by atoms with van der Waals surface area (Å²) in [6, 6.07) is 0. The highest BCUT2D eigenvalue weighted by molar-refractivity contribution is 5.13. The number of nitrogens with one attached hydrogen (secondary N) is 2. The van der Waals surface area contributed by atoms with Crippen LogP contribution in [0.3, 0.4) is 0 Å². The van der Waals surface area contributed by atoms with Gasteiger partial charge in [-0.05, 0) is 40.5 Å². The molecule has 1 aromatic rings. The van der Waals surface area contributed by atoms with Crippen LogP contribution in [0, 0.1) is 6.92 Å². The van der Waals surface area contributed by atoms with Crippen LogP contribution in [0.5, 0.6) is 0 Å². The van der Waals surface area contributed by atoms with Crippen molar-refractivity contribution >= 4 is 0 Å². The molecule has 14 heavy (non-hydrogen) atoms. The van der Waals surface area contributed by atoms with Gasteiger partial charge in [0.1, 0.15) is 0 Å². The van der Waals surface area contributed by atoms with Crippen LogP contribution in [-0.2, 0) is 6.54 Å². The quantitative estimate of drug-likeness (QED) is 0.660. The van der Waals surface area contributed by atoms with Gasteiger partial charge in [0.15, 0.2) is 0 Å². The van der Waals surface area contributed by atoms with Crippen molar-refractivity contribution in [3.63, 3.8) is 0 Å². The fraction of sp³-hybridized carbons (Fsp3) is 0.700. The highest BCUT2D eigenvalue weighted by atomic mass is 15.1. The van der Waals surface area contributed by atoms with Crippen molar-refractivity contribution in [3.05, 3.63) is 17.5 Å². The minimum Gasteiger partial charge on any atom is -0.312 e. The zero-order valence-electron chi connectivity index (χ0n) is 9.30. The summed E-state index contributed by atoms with van der Waals surface area (Å²) in [6.07, 6.45) is 3.07. The van der Waals surface area contributed by atoms with E-state index >= 15 is 0 Å². The van der Waals surface area contributed by atoms with Crippen LogP contribution in [-0.4, -0.2) is 42.3 Å². The van der Waals surface area contributed by atoms with E-state index in [0.29, 0.717) is 0 Å². The summed E-state index contributed by atoms with van der Waals surface area (Å²) in [7, 11) is 4.19. The highest BCUT2D eigenvalue weighted by Gasteiger charge is 1.98. The van der Waals surface area contributed by atoms with Crippen molar-refractivity contribution < 1.29 is 0 Å². The number of nitrogens with zero attached hydrogens (tertiary/aromatic N) is 2. The predicted octanol–water partition coefficient (Wildman–Crippen LogP) is 0.759. The van der Waals surface area contributed by atoms with Gasteiger partial charge in [0.2, 0.25) is 0 Å². The summed E-state index contributed by atoms with van der Waals surface area (Å²) in [6.45, 7) is 5.15. The number of H-pyrrole nitrogens is 1. The first kappa shape index (κ1) is 11.2. The summed E-state index contributed by atoms with van der Waals surface area (Å²) in [5, 5.41) is 10.3. The van der Waals surface area contributed by atoms with E-state index < -0.39 is 0 Å². The van der Waals surface area contributed by atoms with Crippen LogP contribution in [0.25, 0.3) is 0 Å². The Balaban J connectivity index is 2.08. The molecule has 1 heterocycles. The second-order valence-corrected chi connectivity index (χ2v) is 3.85. The number of hydrogen-bond acceptors (Lipinski definition) is 3. The van der Waals surface area contributed by atoms with Gasteiger partial charge in [0.25, 0.3) is 0 Å². The van der Waals surface area contributed by atoms with Gasteiger partial charge in [-0.15, -0.1) is 0 Å². The monoisotopic (exact) mass is 196 g/mol. The van der Waals surface area contributed by atoms with Gasteiger partial charge in [-0.25, -0.2) is 0 Å². The Bertz CT molecular complexity index is 254. The van der Waals surface area contributed by atoms with Crippen LogP contribution < -0.4 is 5.32 Å². The number of aryl methyl sites for hydroxylation is 1. The molecule has 0 atom stereocenters. The van der Waals surface area contributed by atoms with Crippen LogP contribution in [0.15, 0.2) is 6.20 Å². The van der Waals surface area contributed by atoms with Crippen molar-refractivity contribution in [2.45, 2.75) is 19.9 Å². The van der Waals surface area contributed by atoms with Crippen LogP contribution >= 0.6 is 0 Å². The maximum Gasteiger partial charge on any atom is 0.0535 e. The normalized spacial score (nSPS) is 11.1. The molecular weight excluding hydrogens is 176 g/mol. The van der Waals surface area contributed by atoms with E-state index in [2.05, 4.69) is 34.5 Å². The third kappa shape index (κ3) is 3.89. The second kappa shape index (κ2) is 5.78. The number of aromatic nitrogens is 2. The van der Waals surface area contributed by atoms with Gasteiger partial charge in [-0.1, -0.05) is 0 Å². The van der Waals surface area contributed by atoms with Gasteiger partial charge in [-0.3, -0.25) is 5.10 Å². The average molecular weight is 196 g/mol. The lowest BCUT2D eigenvalue weighted by Crippen LogP contribution is -2.21. The summed E-state index contributed by atoms with van der Waals surface area (Å²) in [4.78, 5) is 2.20. The average Bonchev–Trinajstić information content (AvgIpc) is 2.51. The molecule has 0 saturated carbocycles. The van der Waals surface area contributed by atoms with E-state index in [1.54, 1.807) is 0 Å². The van der Waals surface area contributed by atoms with Crippen LogP contribution in [0.2, 0.25) is 0 Å². The van der Waals surface area contributed by atoms with Crippen molar-refractivity contribution in [3.8, 4) is 0 Å².